The van der Waals surface area contributed by atoms with Gasteiger partial charge in [-0.05, 0) is 25.6 Å². The maximum absolute atomic E-state index is 11.5. The summed E-state index contributed by atoms with van der Waals surface area (Å²) in [5, 5.41) is 3.97. The highest BCUT2D eigenvalue weighted by atomic mass is 32.2. The second-order valence-corrected chi connectivity index (χ2v) is 7.53. The van der Waals surface area contributed by atoms with Crippen LogP contribution in [0.15, 0.2) is 0 Å². The first-order valence-corrected chi connectivity index (χ1v) is 8.72. The van der Waals surface area contributed by atoms with Crippen LogP contribution in [0.2, 0.25) is 0 Å². The Morgan fingerprint density at radius 2 is 2.00 bits per heavy atom. The van der Waals surface area contributed by atoms with Crippen LogP contribution in [0.25, 0.3) is 0 Å². The highest BCUT2D eigenvalue weighted by Gasteiger charge is 2.33. The van der Waals surface area contributed by atoms with Gasteiger partial charge in [0.25, 0.3) is 0 Å². The van der Waals surface area contributed by atoms with E-state index >= 15 is 0 Å². The van der Waals surface area contributed by atoms with Crippen molar-refractivity contribution in [2.24, 2.45) is 0 Å². The molecule has 0 bridgehead atoms. The lowest BCUT2D eigenvalue weighted by molar-refractivity contribution is 0.142. The van der Waals surface area contributed by atoms with E-state index in [-0.39, 0.29) is 6.04 Å². The van der Waals surface area contributed by atoms with Gasteiger partial charge in [0.1, 0.15) is 0 Å². The monoisotopic (exact) mass is 291 g/mol. The van der Waals surface area contributed by atoms with Crippen molar-refractivity contribution >= 4 is 27.2 Å². The SMILES string of the molecule is CCNC(=S)N1CCN([C@H]2CCS(=O)(=O)C2)CC1. The maximum atomic E-state index is 11.5. The third-order valence-corrected chi connectivity index (χ3v) is 5.81. The van der Waals surface area contributed by atoms with Gasteiger partial charge in [-0.3, -0.25) is 4.90 Å². The zero-order valence-electron chi connectivity index (χ0n) is 10.8. The minimum atomic E-state index is -2.78. The average Bonchev–Trinajstić information content (AvgIpc) is 2.70. The Hall–Kier alpha value is -0.400. The van der Waals surface area contributed by atoms with Gasteiger partial charge < -0.3 is 10.2 Å². The predicted octanol–water partition coefficient (Wildman–Crippen LogP) is -0.314. The molecule has 1 N–H and O–H groups in total. The summed E-state index contributed by atoms with van der Waals surface area (Å²) in [7, 11) is -2.78. The number of piperazine rings is 1. The summed E-state index contributed by atoms with van der Waals surface area (Å²) in [5.74, 6) is 0.693. The van der Waals surface area contributed by atoms with Crippen molar-refractivity contribution in [2.75, 3.05) is 44.2 Å². The van der Waals surface area contributed by atoms with E-state index in [2.05, 4.69) is 15.1 Å². The smallest absolute Gasteiger partial charge is 0.169 e. The summed E-state index contributed by atoms with van der Waals surface area (Å²) in [6.07, 6.45) is 0.792. The molecule has 2 fully saturated rings. The summed E-state index contributed by atoms with van der Waals surface area (Å²) >= 11 is 5.28. The zero-order valence-corrected chi connectivity index (χ0v) is 12.4. The largest absolute Gasteiger partial charge is 0.363 e. The number of rotatable bonds is 2. The Morgan fingerprint density at radius 1 is 1.33 bits per heavy atom. The molecule has 0 aromatic heterocycles. The first-order chi connectivity index (χ1) is 8.52. The van der Waals surface area contributed by atoms with Crippen molar-refractivity contribution in [1.82, 2.24) is 15.1 Å². The summed E-state index contributed by atoms with van der Waals surface area (Å²) in [5.41, 5.74) is 0. The fourth-order valence-corrected chi connectivity index (χ4v) is 4.71. The molecular weight excluding hydrogens is 270 g/mol. The second-order valence-electron chi connectivity index (χ2n) is 4.92. The number of sulfone groups is 1. The summed E-state index contributed by atoms with van der Waals surface area (Å²) in [6.45, 7) is 6.48. The van der Waals surface area contributed by atoms with E-state index in [1.54, 1.807) is 0 Å². The molecule has 0 saturated carbocycles. The van der Waals surface area contributed by atoms with Crippen molar-refractivity contribution in [3.05, 3.63) is 0 Å². The van der Waals surface area contributed by atoms with E-state index in [1.807, 2.05) is 6.92 Å². The van der Waals surface area contributed by atoms with E-state index in [9.17, 15) is 8.42 Å². The summed E-state index contributed by atoms with van der Waals surface area (Å²) in [6, 6.07) is 0.227. The van der Waals surface area contributed by atoms with Crippen LogP contribution < -0.4 is 5.32 Å². The van der Waals surface area contributed by atoms with Crippen molar-refractivity contribution in [3.8, 4) is 0 Å². The van der Waals surface area contributed by atoms with Crippen molar-refractivity contribution in [3.63, 3.8) is 0 Å². The lowest BCUT2D eigenvalue weighted by Crippen LogP contribution is -2.54. The number of nitrogens with one attached hydrogen (secondary N) is 1. The molecule has 0 spiro atoms. The molecule has 2 aliphatic heterocycles. The molecule has 1 atom stereocenters. The normalized spacial score (nSPS) is 28.3. The van der Waals surface area contributed by atoms with E-state index in [0.717, 1.165) is 44.3 Å². The van der Waals surface area contributed by atoms with Gasteiger partial charge in [0.2, 0.25) is 0 Å². The highest BCUT2D eigenvalue weighted by molar-refractivity contribution is 7.91. The molecule has 0 unspecified atom stereocenters. The van der Waals surface area contributed by atoms with Crippen molar-refractivity contribution in [1.29, 1.82) is 0 Å². The first-order valence-electron chi connectivity index (χ1n) is 6.49. The van der Waals surface area contributed by atoms with Crippen molar-refractivity contribution in [2.45, 2.75) is 19.4 Å². The molecular formula is C11H21N3O2S2. The quantitative estimate of drug-likeness (QED) is 0.704. The van der Waals surface area contributed by atoms with Gasteiger partial charge in [-0.15, -0.1) is 0 Å². The Morgan fingerprint density at radius 3 is 2.50 bits per heavy atom. The van der Waals surface area contributed by atoms with E-state index < -0.39 is 9.84 Å². The third kappa shape index (κ3) is 3.33. The zero-order chi connectivity index (χ0) is 13.2. The minimum absolute atomic E-state index is 0.227. The van der Waals surface area contributed by atoms with Crippen LogP contribution >= 0.6 is 12.2 Å². The number of hydrogen-bond donors (Lipinski definition) is 1. The van der Waals surface area contributed by atoms with Gasteiger partial charge in [0, 0.05) is 38.8 Å². The number of nitrogens with zero attached hydrogens (tertiary/aromatic N) is 2. The molecule has 5 nitrogen and oxygen atoms in total. The minimum Gasteiger partial charge on any atom is -0.363 e. The Labute approximate surface area is 114 Å². The average molecular weight is 291 g/mol. The second kappa shape index (κ2) is 5.71. The van der Waals surface area contributed by atoms with Crippen LogP contribution in [0.3, 0.4) is 0 Å². The summed E-state index contributed by atoms with van der Waals surface area (Å²) < 4.78 is 22.9. The molecule has 2 saturated heterocycles. The van der Waals surface area contributed by atoms with Crippen LogP contribution in [0.5, 0.6) is 0 Å². The van der Waals surface area contributed by atoms with Crippen LogP contribution in [0.4, 0.5) is 0 Å². The van der Waals surface area contributed by atoms with Crippen molar-refractivity contribution < 1.29 is 8.42 Å². The molecule has 0 aliphatic carbocycles. The fourth-order valence-electron chi connectivity index (χ4n) is 2.62. The summed E-state index contributed by atoms with van der Waals surface area (Å²) in [4.78, 5) is 4.47. The molecule has 104 valence electrons. The van der Waals surface area contributed by atoms with E-state index in [4.69, 9.17) is 12.2 Å². The molecule has 0 radical (unpaired) electrons. The molecule has 0 aromatic carbocycles. The van der Waals surface area contributed by atoms with Crippen LogP contribution in [-0.4, -0.2) is 73.6 Å². The van der Waals surface area contributed by atoms with Gasteiger partial charge in [-0.25, -0.2) is 8.42 Å². The molecule has 2 aliphatic rings. The molecule has 0 amide bonds. The topological polar surface area (TPSA) is 52.6 Å². The molecule has 7 heteroatoms. The standard InChI is InChI=1S/C11H21N3O2S2/c1-2-12-11(17)14-6-4-13(5-7-14)10-3-8-18(15,16)9-10/h10H,2-9H2,1H3,(H,12,17)/t10-/m0/s1. The van der Waals surface area contributed by atoms with Crippen LogP contribution in [-0.2, 0) is 9.84 Å². The third-order valence-electron chi connectivity index (χ3n) is 3.65. The molecule has 2 rings (SSSR count). The first kappa shape index (κ1) is 14.0. The van der Waals surface area contributed by atoms with E-state index in [0.29, 0.717) is 11.5 Å². The van der Waals surface area contributed by atoms with Gasteiger partial charge in [0.15, 0.2) is 14.9 Å². The van der Waals surface area contributed by atoms with Gasteiger partial charge in [-0.1, -0.05) is 0 Å². The predicted molar refractivity (Wildman–Crippen MR) is 76.5 cm³/mol. The van der Waals surface area contributed by atoms with Gasteiger partial charge >= 0.3 is 0 Å². The maximum Gasteiger partial charge on any atom is 0.169 e. The van der Waals surface area contributed by atoms with Gasteiger partial charge in [-0.2, -0.15) is 0 Å². The van der Waals surface area contributed by atoms with Gasteiger partial charge in [0.05, 0.1) is 11.5 Å². The molecule has 2 heterocycles. The van der Waals surface area contributed by atoms with E-state index in [1.165, 1.54) is 0 Å². The fraction of sp³-hybridized carbons (Fsp3) is 0.909. The highest BCUT2D eigenvalue weighted by Crippen LogP contribution is 2.19. The number of thiocarbonyl (C=S) groups is 1. The lowest BCUT2D eigenvalue weighted by Gasteiger charge is -2.38. The molecule has 0 aromatic rings. The Balaban J connectivity index is 1.82. The lowest BCUT2D eigenvalue weighted by atomic mass is 10.2. The Kier molecular flexibility index (Phi) is 4.45. The Bertz CT molecular complexity index is 403. The molecule has 18 heavy (non-hydrogen) atoms. The van der Waals surface area contributed by atoms with Crippen LogP contribution in [0, 0.1) is 0 Å². The van der Waals surface area contributed by atoms with Crippen LogP contribution in [0.1, 0.15) is 13.3 Å². The number of hydrogen-bond acceptors (Lipinski definition) is 4.